The lowest BCUT2D eigenvalue weighted by Gasteiger charge is -2.15. The van der Waals surface area contributed by atoms with Crippen LogP contribution in [0.3, 0.4) is 0 Å². The summed E-state index contributed by atoms with van der Waals surface area (Å²) in [7, 11) is -3.57. The lowest BCUT2D eigenvalue weighted by Crippen LogP contribution is -2.39. The van der Waals surface area contributed by atoms with Crippen molar-refractivity contribution in [3.8, 4) is 0 Å². The topological polar surface area (TPSA) is 71.1 Å². The number of nitrogens with zero attached hydrogens (tertiary/aromatic N) is 1. The van der Waals surface area contributed by atoms with Crippen LogP contribution in [-0.4, -0.2) is 32.5 Å². The van der Waals surface area contributed by atoms with Crippen LogP contribution in [0.15, 0.2) is 78.0 Å². The second kappa shape index (κ2) is 11.9. The number of benzene rings is 2. The van der Waals surface area contributed by atoms with Crippen molar-refractivity contribution in [1.29, 1.82) is 0 Å². The molecule has 8 heteroatoms. The monoisotopic (exact) mass is 453 g/mol. The first kappa shape index (κ1) is 25.1. The van der Waals surface area contributed by atoms with Gasteiger partial charge in [0.25, 0.3) is 0 Å². The van der Waals surface area contributed by atoms with E-state index >= 15 is 0 Å². The van der Waals surface area contributed by atoms with Gasteiger partial charge in [-0.2, -0.15) is 0 Å². The van der Waals surface area contributed by atoms with Gasteiger partial charge in [-0.1, -0.05) is 48.6 Å². The standard InChI is InChI=1S/C21H23N3O2S.2ClH/c1-17(15-22-12-5-8-18-6-3-2-4-7-18)24-27(25,26)21-10-9-20-16-23-13-11-19(20)14-21;;/h2-11,13-14,16-17,22,24H,12,15H2,1H3;2*1H/b8-5+;;/t17-;;/m1../s1. The third kappa shape index (κ3) is 7.42. The molecule has 0 fully saturated rings. The highest BCUT2D eigenvalue weighted by Gasteiger charge is 2.17. The van der Waals surface area contributed by atoms with Gasteiger partial charge in [-0.25, -0.2) is 13.1 Å². The molecule has 1 atom stereocenters. The number of aromatic nitrogens is 1. The Balaban J connectivity index is 0.00000210. The zero-order valence-electron chi connectivity index (χ0n) is 16.0. The van der Waals surface area contributed by atoms with Gasteiger partial charge in [-0.15, -0.1) is 24.8 Å². The van der Waals surface area contributed by atoms with Gasteiger partial charge in [0.05, 0.1) is 4.90 Å². The maximum Gasteiger partial charge on any atom is 0.240 e. The summed E-state index contributed by atoms with van der Waals surface area (Å²) in [6.45, 7) is 3.05. The third-order valence-electron chi connectivity index (χ3n) is 4.10. The second-order valence-corrected chi connectivity index (χ2v) is 8.09. The van der Waals surface area contributed by atoms with E-state index in [0.29, 0.717) is 13.1 Å². The predicted molar refractivity (Wildman–Crippen MR) is 124 cm³/mol. The minimum absolute atomic E-state index is 0. The quantitative estimate of drug-likeness (QED) is 0.504. The Bertz CT molecular complexity index is 1030. The summed E-state index contributed by atoms with van der Waals surface area (Å²) in [5, 5.41) is 5.00. The summed E-state index contributed by atoms with van der Waals surface area (Å²) in [6, 6.07) is 16.7. The number of sulfonamides is 1. The number of nitrogens with one attached hydrogen (secondary N) is 2. The van der Waals surface area contributed by atoms with Gasteiger partial charge < -0.3 is 5.32 Å². The SMILES string of the molecule is C[C@H](CNC/C=C/c1ccccc1)NS(=O)(=O)c1ccc2cnccc2c1.Cl.Cl. The molecule has 156 valence electrons. The minimum Gasteiger partial charge on any atom is -0.312 e. The maximum atomic E-state index is 12.6. The molecule has 5 nitrogen and oxygen atoms in total. The second-order valence-electron chi connectivity index (χ2n) is 6.38. The molecule has 29 heavy (non-hydrogen) atoms. The Hall–Kier alpha value is -1.96. The van der Waals surface area contributed by atoms with Gasteiger partial charge in [0, 0.05) is 36.9 Å². The summed E-state index contributed by atoms with van der Waals surface area (Å²) in [5.74, 6) is 0. The summed E-state index contributed by atoms with van der Waals surface area (Å²) in [5.41, 5.74) is 1.14. The molecule has 2 N–H and O–H groups in total. The average molecular weight is 454 g/mol. The number of halogens is 2. The molecule has 0 aliphatic heterocycles. The molecule has 0 saturated heterocycles. The Labute approximate surface area is 184 Å². The van der Waals surface area contributed by atoms with Gasteiger partial charge in [0.1, 0.15) is 0 Å². The van der Waals surface area contributed by atoms with Crippen molar-refractivity contribution in [1.82, 2.24) is 15.0 Å². The van der Waals surface area contributed by atoms with E-state index in [9.17, 15) is 8.42 Å². The number of fused-ring (bicyclic) bond motifs is 1. The van der Waals surface area contributed by atoms with Crippen molar-refractivity contribution < 1.29 is 8.42 Å². The van der Waals surface area contributed by atoms with E-state index in [1.165, 1.54) is 0 Å². The van der Waals surface area contributed by atoms with Gasteiger partial charge in [-0.05, 0) is 36.1 Å². The lowest BCUT2D eigenvalue weighted by molar-refractivity contribution is 0.545. The van der Waals surface area contributed by atoms with Crippen LogP contribution in [0.2, 0.25) is 0 Å². The van der Waals surface area contributed by atoms with Crippen LogP contribution >= 0.6 is 24.8 Å². The van der Waals surface area contributed by atoms with Crippen molar-refractivity contribution in [2.75, 3.05) is 13.1 Å². The molecule has 0 saturated carbocycles. The fourth-order valence-corrected chi connectivity index (χ4v) is 4.02. The summed E-state index contributed by atoms with van der Waals surface area (Å²) < 4.78 is 27.9. The first-order valence-electron chi connectivity index (χ1n) is 8.83. The Morgan fingerprint density at radius 1 is 1.03 bits per heavy atom. The molecule has 1 heterocycles. The molecule has 0 unspecified atom stereocenters. The third-order valence-corrected chi connectivity index (χ3v) is 5.69. The number of pyridine rings is 1. The Kier molecular flexibility index (Phi) is 10.3. The van der Waals surface area contributed by atoms with E-state index in [-0.39, 0.29) is 35.8 Å². The summed E-state index contributed by atoms with van der Waals surface area (Å²) >= 11 is 0. The lowest BCUT2D eigenvalue weighted by atomic mass is 10.2. The smallest absolute Gasteiger partial charge is 0.240 e. The zero-order valence-corrected chi connectivity index (χ0v) is 18.4. The van der Waals surface area contributed by atoms with Crippen molar-refractivity contribution >= 4 is 51.7 Å². The normalized spacial score (nSPS) is 12.3. The molecular formula is C21H25Cl2N3O2S. The predicted octanol–water partition coefficient (Wildman–Crippen LogP) is 4.05. The van der Waals surface area contributed by atoms with Crippen molar-refractivity contribution in [3.05, 3.63) is 78.6 Å². The highest BCUT2D eigenvalue weighted by atomic mass is 35.5. The highest BCUT2D eigenvalue weighted by Crippen LogP contribution is 2.18. The molecule has 0 aliphatic rings. The molecule has 1 aromatic heterocycles. The molecule has 0 spiro atoms. The minimum atomic E-state index is -3.57. The van der Waals surface area contributed by atoms with Gasteiger partial charge in [-0.3, -0.25) is 4.98 Å². The van der Waals surface area contributed by atoms with Crippen LogP contribution in [0.4, 0.5) is 0 Å². The van der Waals surface area contributed by atoms with Gasteiger partial charge in [0.15, 0.2) is 0 Å². The summed E-state index contributed by atoms with van der Waals surface area (Å²) in [4.78, 5) is 4.30. The molecule has 3 rings (SSSR count). The van der Waals surface area contributed by atoms with E-state index in [2.05, 4.69) is 15.0 Å². The highest BCUT2D eigenvalue weighted by molar-refractivity contribution is 7.89. The van der Waals surface area contributed by atoms with Crippen LogP contribution < -0.4 is 10.0 Å². The Morgan fingerprint density at radius 3 is 2.55 bits per heavy atom. The van der Waals surface area contributed by atoms with Crippen LogP contribution in [0.5, 0.6) is 0 Å². The molecule has 0 aliphatic carbocycles. The van der Waals surface area contributed by atoms with Gasteiger partial charge >= 0.3 is 0 Å². The van der Waals surface area contributed by atoms with E-state index in [4.69, 9.17) is 0 Å². The number of hydrogen-bond donors (Lipinski definition) is 2. The molecule has 0 bridgehead atoms. The first-order valence-corrected chi connectivity index (χ1v) is 10.3. The maximum absolute atomic E-state index is 12.6. The summed E-state index contributed by atoms with van der Waals surface area (Å²) in [6.07, 6.45) is 7.43. The van der Waals surface area contributed by atoms with E-state index in [0.717, 1.165) is 16.3 Å². The largest absolute Gasteiger partial charge is 0.312 e. The Morgan fingerprint density at radius 2 is 1.79 bits per heavy atom. The number of hydrogen-bond acceptors (Lipinski definition) is 4. The fourth-order valence-electron chi connectivity index (χ4n) is 2.75. The van der Waals surface area contributed by atoms with E-state index in [1.807, 2.05) is 49.4 Å². The molecule has 3 aromatic rings. The van der Waals surface area contributed by atoms with Crippen molar-refractivity contribution in [2.45, 2.75) is 17.9 Å². The van der Waals surface area contributed by atoms with Crippen molar-refractivity contribution in [3.63, 3.8) is 0 Å². The average Bonchev–Trinajstić information content (AvgIpc) is 2.68. The molecule has 2 aromatic carbocycles. The first-order chi connectivity index (χ1) is 13.0. The van der Waals surface area contributed by atoms with E-state index < -0.39 is 10.0 Å². The van der Waals surface area contributed by atoms with Crippen LogP contribution in [-0.2, 0) is 10.0 Å². The molecule has 0 amide bonds. The fraction of sp³-hybridized carbons (Fsp3) is 0.190. The van der Waals surface area contributed by atoms with Crippen LogP contribution in [0.1, 0.15) is 12.5 Å². The van der Waals surface area contributed by atoms with Gasteiger partial charge in [0.2, 0.25) is 10.0 Å². The van der Waals surface area contributed by atoms with Crippen LogP contribution in [0, 0.1) is 0 Å². The van der Waals surface area contributed by atoms with E-state index in [1.54, 1.807) is 36.7 Å². The molecular weight excluding hydrogens is 429 g/mol. The number of rotatable bonds is 8. The van der Waals surface area contributed by atoms with Crippen molar-refractivity contribution in [2.24, 2.45) is 0 Å². The van der Waals surface area contributed by atoms with Crippen LogP contribution in [0.25, 0.3) is 16.8 Å². The zero-order chi connectivity index (χ0) is 19.1. The molecule has 0 radical (unpaired) electrons.